The normalized spacial score (nSPS) is 24.4. The van der Waals surface area contributed by atoms with E-state index in [2.05, 4.69) is 5.10 Å². The van der Waals surface area contributed by atoms with Crippen molar-refractivity contribution in [1.82, 2.24) is 5.01 Å². The van der Waals surface area contributed by atoms with E-state index in [0.717, 1.165) is 23.7 Å². The summed E-state index contributed by atoms with van der Waals surface area (Å²) in [5, 5.41) is 25.8. The number of fused-ring (bicyclic) bond motifs is 5. The number of imide groups is 1. The van der Waals surface area contributed by atoms with Crippen molar-refractivity contribution in [3.63, 3.8) is 0 Å². The predicted molar refractivity (Wildman–Crippen MR) is 123 cm³/mol. The van der Waals surface area contributed by atoms with Gasteiger partial charge in [0.2, 0.25) is 5.75 Å². The van der Waals surface area contributed by atoms with Crippen molar-refractivity contribution in [2.75, 3.05) is 0 Å². The molecule has 2 amide bonds. The Morgan fingerprint density at radius 1 is 1.20 bits per heavy atom. The molecule has 1 saturated heterocycles. The van der Waals surface area contributed by atoms with Gasteiger partial charge in [-0.15, -0.1) is 0 Å². The van der Waals surface area contributed by atoms with Gasteiger partial charge in [-0.1, -0.05) is 35.9 Å². The molecule has 5 rings (SSSR count). The highest BCUT2D eigenvalue weighted by atomic mass is 35.5. The number of hydrogen-bond donors (Lipinski definition) is 1. The second-order valence-corrected chi connectivity index (χ2v) is 9.06. The smallest absolute Gasteiger partial charge is 0.335 e. The summed E-state index contributed by atoms with van der Waals surface area (Å²) in [6.45, 7) is -0.175. The van der Waals surface area contributed by atoms with Crippen LogP contribution in [0, 0.1) is 33.8 Å². The minimum atomic E-state index is -1.12. The number of ether oxygens (including phenoxy) is 1. The van der Waals surface area contributed by atoms with Crippen molar-refractivity contribution >= 4 is 41.3 Å². The van der Waals surface area contributed by atoms with E-state index >= 15 is 0 Å². The van der Waals surface area contributed by atoms with E-state index in [-0.39, 0.29) is 40.3 Å². The molecule has 2 aromatic rings. The number of nitrogens with zero attached hydrogens (tertiary/aromatic N) is 3. The lowest BCUT2D eigenvalue weighted by Gasteiger charge is -2.13. The maximum atomic E-state index is 12.9. The van der Waals surface area contributed by atoms with Crippen molar-refractivity contribution in [2.45, 2.75) is 13.0 Å². The molecule has 10 nitrogen and oxygen atoms in total. The number of hydrogen-bond acceptors (Lipinski definition) is 7. The van der Waals surface area contributed by atoms with Crippen LogP contribution in [0.15, 0.2) is 53.7 Å². The first kappa shape index (κ1) is 22.7. The second-order valence-electron chi connectivity index (χ2n) is 8.63. The van der Waals surface area contributed by atoms with Crippen molar-refractivity contribution in [3.8, 4) is 5.75 Å². The summed E-state index contributed by atoms with van der Waals surface area (Å²) in [4.78, 5) is 48.0. The monoisotopic (exact) mass is 495 g/mol. The molecule has 11 heteroatoms. The fraction of sp³-hybridized carbons (Fsp3) is 0.250. The van der Waals surface area contributed by atoms with Crippen LogP contribution in [-0.4, -0.2) is 39.0 Å². The van der Waals surface area contributed by atoms with E-state index in [4.69, 9.17) is 16.3 Å². The Bertz CT molecular complexity index is 1310. The largest absolute Gasteiger partial charge is 0.481 e. The average Bonchev–Trinajstić information content (AvgIpc) is 3.51. The van der Waals surface area contributed by atoms with Crippen LogP contribution in [0.4, 0.5) is 5.69 Å². The zero-order chi connectivity index (χ0) is 24.9. The van der Waals surface area contributed by atoms with Gasteiger partial charge in [0.25, 0.3) is 11.8 Å². The summed E-state index contributed by atoms with van der Waals surface area (Å²) < 4.78 is 5.71. The number of carboxylic acid groups (broad SMARTS) is 1. The number of carbonyl (C=O) groups excluding carboxylic acids is 2. The number of benzene rings is 2. The van der Waals surface area contributed by atoms with Crippen LogP contribution >= 0.6 is 11.6 Å². The van der Waals surface area contributed by atoms with Crippen LogP contribution in [-0.2, 0) is 16.2 Å². The van der Waals surface area contributed by atoms with Gasteiger partial charge in [-0.2, -0.15) is 10.1 Å². The predicted octanol–water partition coefficient (Wildman–Crippen LogP) is 3.67. The van der Waals surface area contributed by atoms with E-state index in [0.29, 0.717) is 5.56 Å². The Balaban J connectivity index is 1.44. The molecule has 178 valence electrons. The number of rotatable bonds is 7. The number of aromatic carboxylic acids is 1. The molecule has 2 aromatic carbocycles. The maximum absolute atomic E-state index is 12.9. The highest BCUT2D eigenvalue weighted by molar-refractivity contribution is 6.31. The van der Waals surface area contributed by atoms with E-state index in [1.807, 2.05) is 12.2 Å². The number of carboxylic acids is 1. The zero-order valence-corrected chi connectivity index (χ0v) is 18.8. The van der Waals surface area contributed by atoms with Crippen molar-refractivity contribution < 1.29 is 29.2 Å². The topological polar surface area (TPSA) is 139 Å². The molecular weight excluding hydrogens is 478 g/mol. The third kappa shape index (κ3) is 3.95. The Kier molecular flexibility index (Phi) is 5.60. The maximum Gasteiger partial charge on any atom is 0.335 e. The molecular formula is C24H18ClN3O7. The first-order chi connectivity index (χ1) is 16.7. The van der Waals surface area contributed by atoms with Gasteiger partial charge < -0.3 is 9.84 Å². The summed E-state index contributed by atoms with van der Waals surface area (Å²) in [5.41, 5.74) is 0.167. The van der Waals surface area contributed by atoms with E-state index in [9.17, 15) is 29.6 Å². The van der Waals surface area contributed by atoms with Crippen LogP contribution in [0.1, 0.15) is 27.9 Å². The first-order valence-corrected chi connectivity index (χ1v) is 11.2. The average molecular weight is 496 g/mol. The minimum absolute atomic E-state index is 0.0226. The zero-order valence-electron chi connectivity index (χ0n) is 18.0. The first-order valence-electron chi connectivity index (χ1n) is 10.8. The summed E-state index contributed by atoms with van der Waals surface area (Å²) in [7, 11) is 0. The molecule has 2 fully saturated rings. The highest BCUT2D eigenvalue weighted by Crippen LogP contribution is 2.52. The molecule has 3 aliphatic rings. The summed E-state index contributed by atoms with van der Waals surface area (Å²) in [6, 6.07) is 8.44. The number of nitro benzene ring substituents is 1. The third-order valence-electron chi connectivity index (χ3n) is 6.58. The fourth-order valence-corrected chi connectivity index (χ4v) is 5.28. The molecule has 1 saturated carbocycles. The molecule has 2 aliphatic carbocycles. The Morgan fingerprint density at radius 3 is 2.51 bits per heavy atom. The molecule has 35 heavy (non-hydrogen) atoms. The standard InChI is InChI=1S/C24H18ClN3O7/c25-17-8-16(10-26-27-22(29)19-13-4-5-14(7-13)20(19)23(27)30)21(18(9-17)28(33)34)35-11-12-2-1-3-15(6-12)24(31)32/h1-6,8-10,13-14,19-20H,7,11H2,(H,31,32)/t13-,14-,19-,20+/m0/s1. The Labute approximate surface area is 203 Å². The lowest BCUT2D eigenvalue weighted by Crippen LogP contribution is -2.28. The number of halogens is 1. The number of hydrazone groups is 1. The minimum Gasteiger partial charge on any atom is -0.481 e. The van der Waals surface area contributed by atoms with Crippen LogP contribution < -0.4 is 4.74 Å². The lowest BCUT2D eigenvalue weighted by molar-refractivity contribution is -0.385. The fourth-order valence-electron chi connectivity index (χ4n) is 5.06. The number of amides is 2. The third-order valence-corrected chi connectivity index (χ3v) is 6.79. The molecule has 0 spiro atoms. The van der Waals surface area contributed by atoms with Gasteiger partial charge in [0.1, 0.15) is 6.61 Å². The lowest BCUT2D eigenvalue weighted by atomic mass is 9.85. The molecule has 0 unspecified atom stereocenters. The number of carbonyl (C=O) groups is 3. The van der Waals surface area contributed by atoms with Crippen LogP contribution in [0.3, 0.4) is 0 Å². The van der Waals surface area contributed by atoms with Crippen molar-refractivity contribution in [3.05, 3.63) is 80.4 Å². The van der Waals surface area contributed by atoms with Crippen molar-refractivity contribution in [2.24, 2.45) is 28.8 Å². The second kappa shape index (κ2) is 8.62. The highest BCUT2D eigenvalue weighted by Gasteiger charge is 2.59. The van der Waals surface area contributed by atoms with Gasteiger partial charge in [0, 0.05) is 16.7 Å². The Hall–Kier alpha value is -4.05. The molecule has 0 aromatic heterocycles. The summed E-state index contributed by atoms with van der Waals surface area (Å²) in [5.74, 6) is -2.89. The van der Waals surface area contributed by atoms with Gasteiger partial charge in [0.05, 0.1) is 28.5 Å². The van der Waals surface area contributed by atoms with Gasteiger partial charge in [-0.25, -0.2) is 4.79 Å². The van der Waals surface area contributed by atoms with Gasteiger partial charge in [-0.3, -0.25) is 19.7 Å². The van der Waals surface area contributed by atoms with Crippen molar-refractivity contribution in [1.29, 1.82) is 0 Å². The van der Waals surface area contributed by atoms with Gasteiger partial charge >= 0.3 is 11.7 Å². The van der Waals surface area contributed by atoms with Crippen LogP contribution in [0.5, 0.6) is 5.75 Å². The number of nitro groups is 1. The quantitative estimate of drug-likeness (QED) is 0.203. The SMILES string of the molecule is O=C(O)c1cccc(COc2c(C=NN3C(=O)[C@@H]4[C@H](C3=O)[C@H]3C=C[C@H]4C3)cc(Cl)cc2[N+](=O)[O-])c1. The summed E-state index contributed by atoms with van der Waals surface area (Å²) in [6.07, 6.45) is 5.87. The van der Waals surface area contributed by atoms with Gasteiger partial charge in [0.15, 0.2) is 0 Å². The molecule has 1 heterocycles. The number of allylic oxidation sites excluding steroid dienone is 2. The van der Waals surface area contributed by atoms with E-state index < -0.39 is 40.2 Å². The Morgan fingerprint density at radius 2 is 1.89 bits per heavy atom. The van der Waals surface area contributed by atoms with E-state index in [1.54, 1.807) is 6.07 Å². The summed E-state index contributed by atoms with van der Waals surface area (Å²) >= 11 is 6.07. The van der Waals surface area contributed by atoms with Crippen LogP contribution in [0.2, 0.25) is 5.02 Å². The molecule has 2 bridgehead atoms. The molecule has 1 aliphatic heterocycles. The molecule has 1 N–H and O–H groups in total. The van der Waals surface area contributed by atoms with Crippen LogP contribution in [0.25, 0.3) is 0 Å². The molecule has 0 radical (unpaired) electrons. The van der Waals surface area contributed by atoms with Gasteiger partial charge in [-0.05, 0) is 42.0 Å². The molecule has 4 atom stereocenters. The van der Waals surface area contributed by atoms with E-state index in [1.165, 1.54) is 24.3 Å².